The topological polar surface area (TPSA) is 23.5 Å². The standard InChI is InChI=1S/C13H21NO/c1-5-10(2)14(4)13-9-7-6-8-12(13)11(3)15/h6-11,15H,5H2,1-4H3. The fraction of sp³-hybridized carbons (Fsp3) is 0.538. The Hall–Kier alpha value is -1.02. The maximum atomic E-state index is 9.68. The molecule has 0 aliphatic heterocycles. The lowest BCUT2D eigenvalue weighted by atomic mass is 10.1. The van der Waals surface area contributed by atoms with Crippen molar-refractivity contribution in [1.29, 1.82) is 0 Å². The summed E-state index contributed by atoms with van der Waals surface area (Å²) in [6, 6.07) is 8.52. The van der Waals surface area contributed by atoms with Gasteiger partial charge in [-0.1, -0.05) is 25.1 Å². The summed E-state index contributed by atoms with van der Waals surface area (Å²) in [7, 11) is 2.08. The van der Waals surface area contributed by atoms with Crippen LogP contribution in [0.3, 0.4) is 0 Å². The van der Waals surface area contributed by atoms with Crippen molar-refractivity contribution in [2.45, 2.75) is 39.3 Å². The molecule has 2 atom stereocenters. The molecule has 2 heteroatoms. The van der Waals surface area contributed by atoms with E-state index in [2.05, 4.69) is 31.9 Å². The number of anilines is 1. The zero-order valence-corrected chi connectivity index (χ0v) is 10.1. The van der Waals surface area contributed by atoms with Crippen LogP contribution in [-0.4, -0.2) is 18.2 Å². The van der Waals surface area contributed by atoms with Crippen LogP contribution in [0.25, 0.3) is 0 Å². The molecule has 0 spiro atoms. The monoisotopic (exact) mass is 207 g/mol. The summed E-state index contributed by atoms with van der Waals surface area (Å²) in [6.45, 7) is 6.17. The lowest BCUT2D eigenvalue weighted by Gasteiger charge is -2.29. The maximum Gasteiger partial charge on any atom is 0.0781 e. The predicted octanol–water partition coefficient (Wildman–Crippen LogP) is 2.97. The molecule has 0 bridgehead atoms. The number of aliphatic hydroxyl groups is 1. The predicted molar refractivity (Wildman–Crippen MR) is 65.2 cm³/mol. The van der Waals surface area contributed by atoms with Gasteiger partial charge in [0.25, 0.3) is 0 Å². The summed E-state index contributed by atoms with van der Waals surface area (Å²) in [5.74, 6) is 0. The molecule has 0 aliphatic rings. The van der Waals surface area contributed by atoms with Crippen LogP contribution in [0.1, 0.15) is 38.9 Å². The summed E-state index contributed by atoms with van der Waals surface area (Å²) in [6.07, 6.45) is 0.692. The molecule has 1 rings (SSSR count). The van der Waals surface area contributed by atoms with E-state index in [1.807, 2.05) is 25.1 Å². The highest BCUT2D eigenvalue weighted by atomic mass is 16.3. The Morgan fingerprint density at radius 3 is 2.40 bits per heavy atom. The average Bonchev–Trinajstić information content (AvgIpc) is 2.27. The Morgan fingerprint density at radius 1 is 1.27 bits per heavy atom. The summed E-state index contributed by atoms with van der Waals surface area (Å²) < 4.78 is 0. The normalized spacial score (nSPS) is 14.7. The van der Waals surface area contributed by atoms with E-state index in [0.29, 0.717) is 6.04 Å². The van der Waals surface area contributed by atoms with Crippen LogP contribution in [0.5, 0.6) is 0 Å². The van der Waals surface area contributed by atoms with Crippen LogP contribution >= 0.6 is 0 Å². The fourth-order valence-corrected chi connectivity index (χ4v) is 1.67. The van der Waals surface area contributed by atoms with E-state index in [4.69, 9.17) is 0 Å². The molecular formula is C13H21NO. The first-order valence-corrected chi connectivity index (χ1v) is 5.57. The Morgan fingerprint density at radius 2 is 1.87 bits per heavy atom. The molecule has 0 heterocycles. The van der Waals surface area contributed by atoms with Gasteiger partial charge in [0, 0.05) is 24.3 Å². The molecule has 0 amide bonds. The number of rotatable bonds is 4. The van der Waals surface area contributed by atoms with E-state index in [1.165, 1.54) is 0 Å². The molecule has 1 aromatic rings. The number of aliphatic hydroxyl groups excluding tert-OH is 1. The highest BCUT2D eigenvalue weighted by Gasteiger charge is 2.13. The number of hydrogen-bond acceptors (Lipinski definition) is 2. The van der Waals surface area contributed by atoms with E-state index in [0.717, 1.165) is 17.7 Å². The van der Waals surface area contributed by atoms with Crippen molar-refractivity contribution in [1.82, 2.24) is 0 Å². The van der Waals surface area contributed by atoms with Gasteiger partial charge in [0.1, 0.15) is 0 Å². The third-order valence-corrected chi connectivity index (χ3v) is 3.02. The van der Waals surface area contributed by atoms with Crippen molar-refractivity contribution in [3.05, 3.63) is 29.8 Å². The van der Waals surface area contributed by atoms with Gasteiger partial charge in [-0.2, -0.15) is 0 Å². The minimum Gasteiger partial charge on any atom is -0.389 e. The van der Waals surface area contributed by atoms with Gasteiger partial charge in [0.05, 0.1) is 6.10 Å². The third-order valence-electron chi connectivity index (χ3n) is 3.02. The molecule has 2 nitrogen and oxygen atoms in total. The second-order valence-electron chi connectivity index (χ2n) is 4.10. The van der Waals surface area contributed by atoms with Crippen LogP contribution < -0.4 is 4.90 Å². The first kappa shape index (κ1) is 12.1. The zero-order chi connectivity index (χ0) is 11.4. The molecule has 0 saturated heterocycles. The molecule has 15 heavy (non-hydrogen) atoms. The van der Waals surface area contributed by atoms with E-state index >= 15 is 0 Å². The molecule has 1 aromatic carbocycles. The highest BCUT2D eigenvalue weighted by Crippen LogP contribution is 2.26. The molecule has 1 N–H and O–H groups in total. The molecule has 0 aromatic heterocycles. The molecule has 84 valence electrons. The van der Waals surface area contributed by atoms with Crippen molar-refractivity contribution >= 4 is 5.69 Å². The van der Waals surface area contributed by atoms with Gasteiger partial charge in [-0.25, -0.2) is 0 Å². The number of benzene rings is 1. The SMILES string of the molecule is CCC(C)N(C)c1ccccc1C(C)O. The van der Waals surface area contributed by atoms with Gasteiger partial charge in [-0.05, 0) is 26.3 Å². The summed E-state index contributed by atoms with van der Waals surface area (Å²) in [5, 5.41) is 9.68. The van der Waals surface area contributed by atoms with Crippen molar-refractivity contribution in [2.75, 3.05) is 11.9 Å². The van der Waals surface area contributed by atoms with E-state index in [1.54, 1.807) is 0 Å². The average molecular weight is 207 g/mol. The second kappa shape index (κ2) is 5.17. The van der Waals surface area contributed by atoms with E-state index < -0.39 is 6.10 Å². The van der Waals surface area contributed by atoms with Crippen molar-refractivity contribution in [3.63, 3.8) is 0 Å². The molecule has 0 saturated carbocycles. The van der Waals surface area contributed by atoms with Crippen molar-refractivity contribution in [2.24, 2.45) is 0 Å². The quantitative estimate of drug-likeness (QED) is 0.820. The molecule has 2 unspecified atom stereocenters. The zero-order valence-electron chi connectivity index (χ0n) is 10.1. The van der Waals surface area contributed by atoms with E-state index in [9.17, 15) is 5.11 Å². The number of nitrogens with zero attached hydrogens (tertiary/aromatic N) is 1. The Labute approximate surface area is 92.5 Å². The Bertz CT molecular complexity index is 309. The van der Waals surface area contributed by atoms with Crippen molar-refractivity contribution < 1.29 is 5.11 Å². The lowest BCUT2D eigenvalue weighted by Crippen LogP contribution is -2.29. The van der Waals surface area contributed by atoms with Gasteiger partial charge in [0.2, 0.25) is 0 Å². The molecule has 0 aliphatic carbocycles. The smallest absolute Gasteiger partial charge is 0.0781 e. The van der Waals surface area contributed by atoms with Crippen LogP contribution in [0, 0.1) is 0 Å². The minimum absolute atomic E-state index is 0.410. The van der Waals surface area contributed by atoms with Crippen LogP contribution in [-0.2, 0) is 0 Å². The highest BCUT2D eigenvalue weighted by molar-refractivity contribution is 5.54. The lowest BCUT2D eigenvalue weighted by molar-refractivity contribution is 0.199. The summed E-state index contributed by atoms with van der Waals surface area (Å²) >= 11 is 0. The van der Waals surface area contributed by atoms with Gasteiger partial charge in [-0.3, -0.25) is 0 Å². The van der Waals surface area contributed by atoms with Gasteiger partial charge >= 0.3 is 0 Å². The third kappa shape index (κ3) is 2.72. The Kier molecular flexibility index (Phi) is 4.15. The first-order valence-electron chi connectivity index (χ1n) is 5.57. The van der Waals surface area contributed by atoms with E-state index in [-0.39, 0.29) is 0 Å². The van der Waals surface area contributed by atoms with Gasteiger partial charge in [0.15, 0.2) is 0 Å². The summed E-state index contributed by atoms with van der Waals surface area (Å²) in [5.41, 5.74) is 2.13. The van der Waals surface area contributed by atoms with Gasteiger partial charge in [-0.15, -0.1) is 0 Å². The number of para-hydroxylation sites is 1. The molecule has 0 radical (unpaired) electrons. The largest absolute Gasteiger partial charge is 0.389 e. The Balaban J connectivity index is 3.02. The fourth-order valence-electron chi connectivity index (χ4n) is 1.67. The van der Waals surface area contributed by atoms with Gasteiger partial charge < -0.3 is 10.0 Å². The molecular weight excluding hydrogens is 186 g/mol. The first-order chi connectivity index (χ1) is 7.07. The van der Waals surface area contributed by atoms with Crippen LogP contribution in [0.2, 0.25) is 0 Å². The number of hydrogen-bond donors (Lipinski definition) is 1. The maximum absolute atomic E-state index is 9.68. The van der Waals surface area contributed by atoms with Crippen molar-refractivity contribution in [3.8, 4) is 0 Å². The molecule has 0 fully saturated rings. The minimum atomic E-state index is -0.410. The van der Waals surface area contributed by atoms with Crippen LogP contribution in [0.4, 0.5) is 5.69 Å². The summed E-state index contributed by atoms with van der Waals surface area (Å²) in [4.78, 5) is 2.22. The van der Waals surface area contributed by atoms with Crippen LogP contribution in [0.15, 0.2) is 24.3 Å². The second-order valence-corrected chi connectivity index (χ2v) is 4.10.